The molecule has 0 aliphatic carbocycles. The van der Waals surface area contributed by atoms with Crippen molar-refractivity contribution in [1.29, 1.82) is 0 Å². The minimum atomic E-state index is 0.470. The van der Waals surface area contributed by atoms with E-state index in [-0.39, 0.29) is 0 Å². The Kier molecular flexibility index (Phi) is 7.52. The Balaban J connectivity index is 2.71. The zero-order valence-corrected chi connectivity index (χ0v) is 13.7. The normalized spacial score (nSPS) is 12.7. The Morgan fingerprint density at radius 1 is 1.15 bits per heavy atom. The number of nitrogens with one attached hydrogen (secondary N) is 1. The van der Waals surface area contributed by atoms with Crippen molar-refractivity contribution in [1.82, 2.24) is 15.5 Å². The third-order valence-corrected chi connectivity index (χ3v) is 3.57. The average Bonchev–Trinajstić information content (AvgIpc) is 2.46. The molecule has 1 aromatic heterocycles. The Morgan fingerprint density at radius 2 is 1.90 bits per heavy atom. The van der Waals surface area contributed by atoms with Crippen LogP contribution >= 0.6 is 0 Å². The van der Waals surface area contributed by atoms with Crippen molar-refractivity contribution in [3.05, 3.63) is 17.8 Å². The number of anilines is 1. The first-order chi connectivity index (χ1) is 9.58. The van der Waals surface area contributed by atoms with Crippen LogP contribution in [0.3, 0.4) is 0 Å². The molecular weight excluding hydrogens is 248 g/mol. The highest BCUT2D eigenvalue weighted by molar-refractivity contribution is 5.38. The van der Waals surface area contributed by atoms with Gasteiger partial charge in [-0.2, -0.15) is 5.10 Å². The van der Waals surface area contributed by atoms with Gasteiger partial charge in [-0.1, -0.05) is 34.1 Å². The molecule has 1 unspecified atom stereocenters. The largest absolute Gasteiger partial charge is 0.352 e. The molecule has 0 spiro atoms. The summed E-state index contributed by atoms with van der Waals surface area (Å²) < 4.78 is 0. The molecule has 4 nitrogen and oxygen atoms in total. The molecule has 1 heterocycles. The fraction of sp³-hybridized carbons (Fsp3) is 0.750. The third kappa shape index (κ3) is 5.45. The molecule has 0 saturated carbocycles. The van der Waals surface area contributed by atoms with Crippen molar-refractivity contribution < 1.29 is 0 Å². The quantitative estimate of drug-likeness (QED) is 0.752. The van der Waals surface area contributed by atoms with Gasteiger partial charge in [0.2, 0.25) is 0 Å². The summed E-state index contributed by atoms with van der Waals surface area (Å²) in [5, 5.41) is 12.1. The predicted octanol–water partition coefficient (Wildman–Crippen LogP) is 3.38. The van der Waals surface area contributed by atoms with E-state index in [0.717, 1.165) is 31.0 Å². The monoisotopic (exact) mass is 278 g/mol. The molecule has 0 aliphatic heterocycles. The summed E-state index contributed by atoms with van der Waals surface area (Å²) in [6.45, 7) is 12.8. The molecule has 0 aliphatic rings. The van der Waals surface area contributed by atoms with Crippen molar-refractivity contribution in [2.24, 2.45) is 0 Å². The van der Waals surface area contributed by atoms with Gasteiger partial charge >= 0.3 is 0 Å². The summed E-state index contributed by atoms with van der Waals surface area (Å²) >= 11 is 0. The van der Waals surface area contributed by atoms with E-state index in [0.29, 0.717) is 12.1 Å². The molecule has 0 radical (unpaired) electrons. The fourth-order valence-electron chi connectivity index (χ4n) is 2.02. The van der Waals surface area contributed by atoms with Gasteiger partial charge < -0.3 is 10.2 Å². The summed E-state index contributed by atoms with van der Waals surface area (Å²) in [4.78, 5) is 2.37. The number of hydrogen-bond donors (Lipinski definition) is 1. The predicted molar refractivity (Wildman–Crippen MR) is 86.0 cm³/mol. The van der Waals surface area contributed by atoms with Crippen molar-refractivity contribution in [2.45, 2.75) is 72.5 Å². The van der Waals surface area contributed by atoms with Crippen LogP contribution in [-0.4, -0.2) is 28.8 Å². The summed E-state index contributed by atoms with van der Waals surface area (Å²) in [6, 6.07) is 5.17. The van der Waals surface area contributed by atoms with E-state index in [1.54, 1.807) is 0 Å². The standard InChI is InChI=1S/C16H30N4/c1-6-8-11-20(14(5)7-2)16-10-9-15(18-19-16)12-17-13(3)4/h9-10,13-14,17H,6-8,11-12H2,1-5H3. The lowest BCUT2D eigenvalue weighted by molar-refractivity contribution is 0.570. The van der Waals surface area contributed by atoms with E-state index in [1.807, 2.05) is 0 Å². The van der Waals surface area contributed by atoms with Crippen LogP contribution < -0.4 is 10.2 Å². The molecule has 0 aromatic carbocycles. The van der Waals surface area contributed by atoms with Gasteiger partial charge in [0.15, 0.2) is 5.82 Å². The minimum Gasteiger partial charge on any atom is -0.352 e. The molecule has 0 amide bonds. The van der Waals surface area contributed by atoms with Gasteiger partial charge in [0, 0.05) is 25.2 Å². The van der Waals surface area contributed by atoms with Gasteiger partial charge in [-0.3, -0.25) is 0 Å². The van der Waals surface area contributed by atoms with Crippen LogP contribution in [0.1, 0.15) is 59.6 Å². The highest BCUT2D eigenvalue weighted by Crippen LogP contribution is 2.16. The second-order valence-electron chi connectivity index (χ2n) is 5.72. The number of aromatic nitrogens is 2. The molecule has 0 bridgehead atoms. The van der Waals surface area contributed by atoms with Crippen molar-refractivity contribution in [2.75, 3.05) is 11.4 Å². The lowest BCUT2D eigenvalue weighted by Crippen LogP contribution is -2.34. The average molecular weight is 278 g/mol. The van der Waals surface area contributed by atoms with E-state index in [4.69, 9.17) is 0 Å². The zero-order valence-electron chi connectivity index (χ0n) is 13.7. The summed E-state index contributed by atoms with van der Waals surface area (Å²) in [5.41, 5.74) is 1.00. The maximum atomic E-state index is 4.41. The molecule has 1 aromatic rings. The van der Waals surface area contributed by atoms with Crippen LogP contribution in [0.15, 0.2) is 12.1 Å². The van der Waals surface area contributed by atoms with Gasteiger partial charge in [0.05, 0.1) is 5.69 Å². The minimum absolute atomic E-state index is 0.470. The van der Waals surface area contributed by atoms with E-state index in [9.17, 15) is 0 Å². The van der Waals surface area contributed by atoms with E-state index in [1.165, 1.54) is 12.8 Å². The molecule has 20 heavy (non-hydrogen) atoms. The van der Waals surface area contributed by atoms with E-state index >= 15 is 0 Å². The topological polar surface area (TPSA) is 41.0 Å². The lowest BCUT2D eigenvalue weighted by Gasteiger charge is -2.29. The fourth-order valence-corrected chi connectivity index (χ4v) is 2.02. The Labute approximate surface area is 124 Å². The van der Waals surface area contributed by atoms with Crippen molar-refractivity contribution >= 4 is 5.82 Å². The second kappa shape index (κ2) is 8.90. The van der Waals surface area contributed by atoms with Crippen molar-refractivity contribution in [3.63, 3.8) is 0 Å². The molecule has 0 saturated heterocycles. The zero-order chi connectivity index (χ0) is 15.0. The Morgan fingerprint density at radius 3 is 2.40 bits per heavy atom. The Bertz CT molecular complexity index is 361. The second-order valence-corrected chi connectivity index (χ2v) is 5.72. The van der Waals surface area contributed by atoms with Crippen LogP contribution in [0.2, 0.25) is 0 Å². The van der Waals surface area contributed by atoms with Crippen LogP contribution in [-0.2, 0) is 6.54 Å². The maximum Gasteiger partial charge on any atom is 0.151 e. The highest BCUT2D eigenvalue weighted by Gasteiger charge is 2.14. The number of unbranched alkanes of at least 4 members (excludes halogenated alkanes) is 1. The molecule has 4 heteroatoms. The summed E-state index contributed by atoms with van der Waals surface area (Å²) in [5.74, 6) is 1.00. The maximum absolute atomic E-state index is 4.41. The van der Waals surface area contributed by atoms with Gasteiger partial charge in [-0.25, -0.2) is 0 Å². The van der Waals surface area contributed by atoms with Gasteiger partial charge in [0.1, 0.15) is 0 Å². The van der Waals surface area contributed by atoms with Gasteiger partial charge in [-0.15, -0.1) is 5.10 Å². The Hall–Kier alpha value is -1.16. The first-order valence-corrected chi connectivity index (χ1v) is 7.91. The van der Waals surface area contributed by atoms with E-state index in [2.05, 4.69) is 67.2 Å². The number of nitrogens with zero attached hydrogens (tertiary/aromatic N) is 3. The molecule has 1 rings (SSSR count). The number of hydrogen-bond acceptors (Lipinski definition) is 4. The SMILES string of the molecule is CCCCN(c1ccc(CNC(C)C)nn1)C(C)CC. The number of rotatable bonds is 9. The molecule has 1 atom stereocenters. The summed E-state index contributed by atoms with van der Waals surface area (Å²) in [6.07, 6.45) is 3.53. The smallest absolute Gasteiger partial charge is 0.151 e. The lowest BCUT2D eigenvalue weighted by atomic mass is 10.2. The summed E-state index contributed by atoms with van der Waals surface area (Å²) in [7, 11) is 0. The van der Waals surface area contributed by atoms with Crippen LogP contribution in [0.4, 0.5) is 5.82 Å². The molecule has 114 valence electrons. The van der Waals surface area contributed by atoms with Crippen LogP contribution in [0, 0.1) is 0 Å². The van der Waals surface area contributed by atoms with E-state index < -0.39 is 0 Å². The molecule has 1 N–H and O–H groups in total. The molecule has 0 fully saturated rings. The first kappa shape index (κ1) is 16.9. The first-order valence-electron chi connectivity index (χ1n) is 7.91. The van der Waals surface area contributed by atoms with Gasteiger partial charge in [-0.05, 0) is 31.9 Å². The molecular formula is C16H30N4. The van der Waals surface area contributed by atoms with Crippen LogP contribution in [0.5, 0.6) is 0 Å². The third-order valence-electron chi connectivity index (χ3n) is 3.57. The van der Waals surface area contributed by atoms with Gasteiger partial charge in [0.25, 0.3) is 0 Å². The van der Waals surface area contributed by atoms with Crippen molar-refractivity contribution in [3.8, 4) is 0 Å². The van der Waals surface area contributed by atoms with Crippen LogP contribution in [0.25, 0.3) is 0 Å². The highest BCUT2D eigenvalue weighted by atomic mass is 15.3.